The van der Waals surface area contributed by atoms with Gasteiger partial charge in [-0.05, 0) is 6.07 Å². The fraction of sp³-hybridized carbons (Fsp3) is 0.111. The second-order valence-electron chi connectivity index (χ2n) is 2.68. The van der Waals surface area contributed by atoms with Gasteiger partial charge in [0.05, 0.1) is 11.7 Å². The molecule has 0 spiro atoms. The molecule has 0 aliphatic rings. The Hall–Kier alpha value is -0.274. The van der Waals surface area contributed by atoms with Crippen LogP contribution in [-0.4, -0.2) is 22.6 Å². The summed E-state index contributed by atoms with van der Waals surface area (Å²) in [5, 5.41) is 0.710. The zero-order valence-corrected chi connectivity index (χ0v) is 11.3. The van der Waals surface area contributed by atoms with E-state index in [1.165, 1.54) is 6.20 Å². The topological polar surface area (TPSA) is 55.0 Å². The van der Waals surface area contributed by atoms with E-state index >= 15 is 0 Å². The number of aromatic nitrogens is 2. The number of pyridine rings is 1. The predicted octanol–water partition coefficient (Wildman–Crippen LogP) is -1.45. The molecular formula is C9H8FKN2O2. The number of carbonyl (C=O) groups is 1. The molecule has 0 saturated carbocycles. The van der Waals surface area contributed by atoms with E-state index in [9.17, 15) is 9.18 Å². The Morgan fingerprint density at radius 1 is 1.67 bits per heavy atom. The Balaban J connectivity index is 0.00000112. The van der Waals surface area contributed by atoms with Gasteiger partial charge in [0, 0.05) is 17.8 Å². The van der Waals surface area contributed by atoms with Crippen LogP contribution >= 0.6 is 0 Å². The molecule has 0 saturated heterocycles. The van der Waals surface area contributed by atoms with Crippen LogP contribution in [0, 0.1) is 0 Å². The van der Waals surface area contributed by atoms with Gasteiger partial charge in [-0.1, -0.05) is 0 Å². The van der Waals surface area contributed by atoms with E-state index in [1.54, 1.807) is 18.5 Å². The molecule has 0 aliphatic heterocycles. The predicted molar refractivity (Wildman–Crippen MR) is 48.8 cm³/mol. The van der Waals surface area contributed by atoms with Gasteiger partial charge < -0.3 is 11.1 Å². The Morgan fingerprint density at radius 3 is 3.20 bits per heavy atom. The van der Waals surface area contributed by atoms with E-state index < -0.39 is 12.6 Å². The van der Waals surface area contributed by atoms with Gasteiger partial charge in [0.15, 0.2) is 12.4 Å². The molecule has 2 rings (SSSR count). The summed E-state index contributed by atoms with van der Waals surface area (Å²) in [5.74, 6) is -0.576. The van der Waals surface area contributed by atoms with Crippen molar-refractivity contribution in [2.45, 2.75) is 0 Å². The molecule has 74 valence electrons. The molecule has 2 aromatic rings. The Kier molecular flexibility index (Phi) is 4.87. The number of nitrogens with one attached hydrogen (secondary N) is 1. The molecule has 0 aliphatic carbocycles. The van der Waals surface area contributed by atoms with Crippen LogP contribution in [0.15, 0.2) is 24.7 Å². The third-order valence-electron chi connectivity index (χ3n) is 1.78. The van der Waals surface area contributed by atoms with Crippen molar-refractivity contribution >= 4 is 16.9 Å². The number of fused-ring (bicyclic) bond motifs is 1. The Morgan fingerprint density at radius 2 is 2.47 bits per heavy atom. The number of hydrogen-bond acceptors (Lipinski definition) is 3. The van der Waals surface area contributed by atoms with Crippen molar-refractivity contribution in [1.82, 2.24) is 9.97 Å². The van der Waals surface area contributed by atoms with Crippen molar-refractivity contribution in [3.8, 4) is 5.75 Å². The summed E-state index contributed by atoms with van der Waals surface area (Å²) in [6.07, 6.45) is 4.67. The van der Waals surface area contributed by atoms with Crippen LogP contribution in [0.2, 0.25) is 0 Å². The van der Waals surface area contributed by atoms with Crippen molar-refractivity contribution in [3.63, 3.8) is 0 Å². The molecule has 0 unspecified atom stereocenters. The first-order chi connectivity index (χ1) is 6.81. The molecule has 0 amide bonds. The fourth-order valence-corrected chi connectivity index (χ4v) is 1.18. The normalized spacial score (nSPS) is 9.67. The largest absolute Gasteiger partial charge is 1.00 e. The smallest absolute Gasteiger partial charge is 1.00 e. The van der Waals surface area contributed by atoms with Crippen LogP contribution in [-0.2, 0) is 4.79 Å². The van der Waals surface area contributed by atoms with E-state index in [0.717, 1.165) is 5.52 Å². The number of hydrogen-bond donors (Lipinski definition) is 1. The summed E-state index contributed by atoms with van der Waals surface area (Å²) in [4.78, 5) is 17.4. The maximum absolute atomic E-state index is 11.9. The average Bonchev–Trinajstić information content (AvgIpc) is 2.62. The quantitative estimate of drug-likeness (QED) is 0.511. The van der Waals surface area contributed by atoms with E-state index in [0.29, 0.717) is 11.1 Å². The molecule has 1 N–H and O–H groups in total. The van der Waals surface area contributed by atoms with Crippen molar-refractivity contribution in [2.75, 3.05) is 6.67 Å². The molecule has 0 aromatic carbocycles. The van der Waals surface area contributed by atoms with Gasteiger partial charge in [-0.25, -0.2) is 9.18 Å². The van der Waals surface area contributed by atoms with Gasteiger partial charge in [0.1, 0.15) is 0 Å². The summed E-state index contributed by atoms with van der Waals surface area (Å²) in [5.41, 5.74) is 0.745. The number of esters is 1. The molecule has 4 nitrogen and oxygen atoms in total. The first-order valence-corrected chi connectivity index (χ1v) is 3.99. The van der Waals surface area contributed by atoms with E-state index in [-0.39, 0.29) is 52.8 Å². The minimum atomic E-state index is -1.13. The van der Waals surface area contributed by atoms with E-state index in [4.69, 9.17) is 4.74 Å². The standard InChI is InChI=1S/C9H7FN2O2.K.H/c10-3-9(13)14-8-5-12-7-4-11-2-1-6(7)8;;/h1-2,4-5,12H,3H2;;/q;+1;-1. The number of rotatable bonds is 2. The minimum Gasteiger partial charge on any atom is -1.00 e. The molecule has 0 radical (unpaired) electrons. The van der Waals surface area contributed by atoms with Crippen molar-refractivity contribution in [1.29, 1.82) is 0 Å². The second kappa shape index (κ2) is 5.71. The monoisotopic (exact) mass is 234 g/mol. The number of H-pyrrole nitrogens is 1. The minimum absolute atomic E-state index is 0. The first-order valence-electron chi connectivity index (χ1n) is 3.99. The van der Waals surface area contributed by atoms with Crippen LogP contribution in [0.25, 0.3) is 10.9 Å². The maximum Gasteiger partial charge on any atom is 1.00 e. The van der Waals surface area contributed by atoms with E-state index in [1.807, 2.05) is 0 Å². The molecule has 2 heterocycles. The molecule has 2 aromatic heterocycles. The number of carbonyl (C=O) groups excluding carboxylic acids is 1. The van der Waals surface area contributed by atoms with Gasteiger partial charge in [-0.3, -0.25) is 4.98 Å². The van der Waals surface area contributed by atoms with Gasteiger partial charge in [-0.2, -0.15) is 0 Å². The van der Waals surface area contributed by atoms with Gasteiger partial charge in [-0.15, -0.1) is 0 Å². The van der Waals surface area contributed by atoms with Gasteiger partial charge in [0.2, 0.25) is 0 Å². The third kappa shape index (κ3) is 2.85. The van der Waals surface area contributed by atoms with Gasteiger partial charge in [0.25, 0.3) is 0 Å². The Bertz CT molecular complexity index is 477. The summed E-state index contributed by atoms with van der Waals surface area (Å²) in [7, 11) is 0. The van der Waals surface area contributed by atoms with Gasteiger partial charge >= 0.3 is 57.4 Å². The second-order valence-corrected chi connectivity index (χ2v) is 2.68. The number of halogens is 1. The van der Waals surface area contributed by atoms with Crippen LogP contribution in [0.5, 0.6) is 5.75 Å². The zero-order chi connectivity index (χ0) is 9.97. The third-order valence-corrected chi connectivity index (χ3v) is 1.78. The number of ether oxygens (including phenoxy) is 1. The molecule has 0 atom stereocenters. The summed E-state index contributed by atoms with van der Waals surface area (Å²) in [6, 6.07) is 1.69. The van der Waals surface area contributed by atoms with Crippen molar-refractivity contribution in [2.24, 2.45) is 0 Å². The summed E-state index contributed by atoms with van der Waals surface area (Å²) in [6.45, 7) is -1.13. The SMILES string of the molecule is O=C(CF)Oc1c[nH]c2cnccc12.[H-].[K+]. The first kappa shape index (κ1) is 12.8. The van der Waals surface area contributed by atoms with Crippen LogP contribution in [0.4, 0.5) is 4.39 Å². The number of alkyl halides is 1. The maximum atomic E-state index is 11.9. The Labute approximate surface area is 129 Å². The van der Waals surface area contributed by atoms with Crippen LogP contribution in [0.1, 0.15) is 1.43 Å². The number of aromatic amines is 1. The summed E-state index contributed by atoms with van der Waals surface area (Å²) >= 11 is 0. The fourth-order valence-electron chi connectivity index (χ4n) is 1.18. The molecular weight excluding hydrogens is 226 g/mol. The molecule has 6 heteroatoms. The number of nitrogens with zero attached hydrogens (tertiary/aromatic N) is 1. The van der Waals surface area contributed by atoms with Crippen molar-refractivity contribution in [3.05, 3.63) is 24.7 Å². The van der Waals surface area contributed by atoms with E-state index in [2.05, 4.69) is 9.97 Å². The van der Waals surface area contributed by atoms with Crippen LogP contribution in [0.3, 0.4) is 0 Å². The van der Waals surface area contributed by atoms with Crippen molar-refractivity contribution < 1.29 is 66.7 Å². The zero-order valence-electron chi connectivity index (χ0n) is 9.16. The molecule has 15 heavy (non-hydrogen) atoms. The van der Waals surface area contributed by atoms with Crippen LogP contribution < -0.4 is 56.1 Å². The molecule has 0 fully saturated rings. The summed E-state index contributed by atoms with van der Waals surface area (Å²) < 4.78 is 16.6. The average molecular weight is 234 g/mol. The molecule has 0 bridgehead atoms.